The maximum atomic E-state index is 11.4. The number of nitrogens with one attached hydrogen (secondary N) is 1. The third kappa shape index (κ3) is 3.39. The van der Waals surface area contributed by atoms with Crippen molar-refractivity contribution in [3.8, 4) is 0 Å². The van der Waals surface area contributed by atoms with Gasteiger partial charge in [-0.25, -0.2) is 10.8 Å². The number of pyridine rings is 1. The van der Waals surface area contributed by atoms with Crippen molar-refractivity contribution in [3.05, 3.63) is 18.3 Å². The topological polar surface area (TPSA) is 94.0 Å². The second kappa shape index (κ2) is 5.18. The van der Waals surface area contributed by atoms with Crippen LogP contribution in [0.1, 0.15) is 13.8 Å². The van der Waals surface area contributed by atoms with E-state index in [1.54, 1.807) is 24.0 Å². The molecule has 0 bridgehead atoms. The zero-order valence-corrected chi connectivity index (χ0v) is 10.2. The van der Waals surface area contributed by atoms with E-state index < -0.39 is 5.41 Å². The SMILES string of the molecule is CC(C)(CSc1ccc(N)nc1)C(=O)NN. The van der Waals surface area contributed by atoms with Gasteiger partial charge in [0.05, 0.1) is 5.41 Å². The summed E-state index contributed by atoms with van der Waals surface area (Å²) in [5.41, 5.74) is 7.13. The summed E-state index contributed by atoms with van der Waals surface area (Å²) in [5, 5.41) is 0. The Morgan fingerprint density at radius 2 is 2.25 bits per heavy atom. The van der Waals surface area contributed by atoms with Gasteiger partial charge in [-0.3, -0.25) is 10.2 Å². The fourth-order valence-corrected chi connectivity index (χ4v) is 1.95. The molecule has 5 N–H and O–H groups in total. The smallest absolute Gasteiger partial charge is 0.240 e. The van der Waals surface area contributed by atoms with Crippen molar-refractivity contribution in [3.63, 3.8) is 0 Å². The van der Waals surface area contributed by atoms with Crippen molar-refractivity contribution in [1.82, 2.24) is 10.4 Å². The van der Waals surface area contributed by atoms with Crippen molar-refractivity contribution in [2.75, 3.05) is 11.5 Å². The van der Waals surface area contributed by atoms with Gasteiger partial charge < -0.3 is 5.73 Å². The Kier molecular flexibility index (Phi) is 4.14. The molecule has 88 valence electrons. The van der Waals surface area contributed by atoms with E-state index in [2.05, 4.69) is 10.4 Å². The van der Waals surface area contributed by atoms with Gasteiger partial charge in [0.15, 0.2) is 0 Å². The monoisotopic (exact) mass is 240 g/mol. The van der Waals surface area contributed by atoms with Crippen LogP contribution in [0.5, 0.6) is 0 Å². The molecule has 1 heterocycles. The summed E-state index contributed by atoms with van der Waals surface area (Å²) in [5.74, 6) is 6.05. The minimum atomic E-state index is -0.513. The lowest BCUT2D eigenvalue weighted by molar-refractivity contribution is -0.128. The predicted octanol–water partition coefficient (Wildman–Crippen LogP) is 0.772. The van der Waals surface area contributed by atoms with Crippen LogP contribution < -0.4 is 17.0 Å². The maximum Gasteiger partial charge on any atom is 0.240 e. The van der Waals surface area contributed by atoms with Gasteiger partial charge in [0, 0.05) is 16.8 Å². The molecule has 5 nitrogen and oxygen atoms in total. The molecule has 0 aromatic carbocycles. The highest BCUT2D eigenvalue weighted by Gasteiger charge is 2.26. The number of nitrogens with zero attached hydrogens (tertiary/aromatic N) is 1. The number of hydrogen-bond acceptors (Lipinski definition) is 5. The third-order valence-electron chi connectivity index (χ3n) is 2.10. The van der Waals surface area contributed by atoms with E-state index in [1.165, 1.54) is 0 Å². The van der Waals surface area contributed by atoms with Gasteiger partial charge in [0.1, 0.15) is 5.82 Å². The van der Waals surface area contributed by atoms with E-state index in [-0.39, 0.29) is 5.91 Å². The Labute approximate surface area is 99.0 Å². The Bertz CT molecular complexity index is 364. The van der Waals surface area contributed by atoms with Crippen molar-refractivity contribution in [2.45, 2.75) is 18.7 Å². The van der Waals surface area contributed by atoms with Crippen molar-refractivity contribution < 1.29 is 4.79 Å². The highest BCUT2D eigenvalue weighted by molar-refractivity contribution is 7.99. The van der Waals surface area contributed by atoms with E-state index in [9.17, 15) is 4.79 Å². The zero-order chi connectivity index (χ0) is 12.2. The number of rotatable bonds is 4. The van der Waals surface area contributed by atoms with Gasteiger partial charge in [0.25, 0.3) is 0 Å². The summed E-state index contributed by atoms with van der Waals surface area (Å²) in [6, 6.07) is 3.61. The van der Waals surface area contributed by atoms with Crippen LogP contribution in [0.15, 0.2) is 23.2 Å². The van der Waals surface area contributed by atoms with Crippen molar-refractivity contribution >= 4 is 23.5 Å². The number of hydrogen-bond donors (Lipinski definition) is 3. The number of carbonyl (C=O) groups excluding carboxylic acids is 1. The van der Waals surface area contributed by atoms with Crippen LogP contribution in [0.2, 0.25) is 0 Å². The van der Waals surface area contributed by atoms with Gasteiger partial charge in [-0.2, -0.15) is 0 Å². The van der Waals surface area contributed by atoms with Gasteiger partial charge >= 0.3 is 0 Å². The number of carbonyl (C=O) groups is 1. The molecular weight excluding hydrogens is 224 g/mol. The molecule has 16 heavy (non-hydrogen) atoms. The van der Waals surface area contributed by atoms with E-state index in [0.717, 1.165) is 4.90 Å². The first-order valence-electron chi connectivity index (χ1n) is 4.81. The molecule has 0 fully saturated rings. The lowest BCUT2D eigenvalue weighted by Gasteiger charge is -2.21. The molecule has 1 amide bonds. The fourth-order valence-electron chi connectivity index (χ4n) is 1.00. The number of amides is 1. The molecule has 0 unspecified atom stereocenters. The lowest BCUT2D eigenvalue weighted by Crippen LogP contribution is -2.42. The Hall–Kier alpha value is -1.27. The summed E-state index contributed by atoms with van der Waals surface area (Å²) in [6.07, 6.45) is 1.69. The van der Waals surface area contributed by atoms with Gasteiger partial charge in [-0.1, -0.05) is 13.8 Å². The Balaban J connectivity index is 2.57. The molecule has 0 atom stereocenters. The number of anilines is 1. The number of hydrazine groups is 1. The van der Waals surface area contributed by atoms with Gasteiger partial charge in [-0.05, 0) is 12.1 Å². The number of thioether (sulfide) groups is 1. The van der Waals surface area contributed by atoms with Gasteiger partial charge in [-0.15, -0.1) is 11.8 Å². The predicted molar refractivity (Wildman–Crippen MR) is 65.5 cm³/mol. The summed E-state index contributed by atoms with van der Waals surface area (Å²) in [4.78, 5) is 16.4. The molecule has 6 heteroatoms. The quantitative estimate of drug-likeness (QED) is 0.313. The van der Waals surface area contributed by atoms with E-state index in [0.29, 0.717) is 11.6 Å². The number of nitrogen functional groups attached to an aromatic ring is 1. The molecule has 1 rings (SSSR count). The van der Waals surface area contributed by atoms with Crippen LogP contribution in [0.25, 0.3) is 0 Å². The average Bonchev–Trinajstić information content (AvgIpc) is 2.27. The molecule has 1 aromatic heterocycles. The molecule has 0 aliphatic carbocycles. The van der Waals surface area contributed by atoms with Crippen LogP contribution in [-0.4, -0.2) is 16.6 Å². The van der Waals surface area contributed by atoms with E-state index in [1.807, 2.05) is 19.9 Å². The lowest BCUT2D eigenvalue weighted by atomic mass is 9.96. The standard InChI is InChI=1S/C10H16N4OS/c1-10(2,9(15)14-12)6-16-7-3-4-8(11)13-5-7/h3-5H,6,12H2,1-2H3,(H2,11,13)(H,14,15). The normalized spacial score (nSPS) is 11.2. The van der Waals surface area contributed by atoms with Crippen LogP contribution in [0.4, 0.5) is 5.82 Å². The summed E-state index contributed by atoms with van der Waals surface area (Å²) in [7, 11) is 0. The molecule has 1 aromatic rings. The summed E-state index contributed by atoms with van der Waals surface area (Å²) >= 11 is 1.55. The first-order valence-corrected chi connectivity index (χ1v) is 5.79. The van der Waals surface area contributed by atoms with Crippen LogP contribution in [-0.2, 0) is 4.79 Å². The van der Waals surface area contributed by atoms with E-state index >= 15 is 0 Å². The largest absolute Gasteiger partial charge is 0.384 e. The molecule has 0 radical (unpaired) electrons. The molecular formula is C10H16N4OS. The van der Waals surface area contributed by atoms with E-state index in [4.69, 9.17) is 11.6 Å². The van der Waals surface area contributed by atoms with Crippen molar-refractivity contribution in [2.24, 2.45) is 11.3 Å². The zero-order valence-electron chi connectivity index (χ0n) is 9.36. The maximum absolute atomic E-state index is 11.4. The Morgan fingerprint density at radius 3 is 2.75 bits per heavy atom. The second-order valence-electron chi connectivity index (χ2n) is 4.06. The number of nitrogens with two attached hydrogens (primary N) is 2. The van der Waals surface area contributed by atoms with Crippen molar-refractivity contribution in [1.29, 1.82) is 0 Å². The average molecular weight is 240 g/mol. The highest BCUT2D eigenvalue weighted by atomic mass is 32.2. The first kappa shape index (κ1) is 12.8. The summed E-state index contributed by atoms with van der Waals surface area (Å²) in [6.45, 7) is 3.68. The minimum Gasteiger partial charge on any atom is -0.384 e. The highest BCUT2D eigenvalue weighted by Crippen LogP contribution is 2.27. The molecule has 0 aliphatic rings. The van der Waals surface area contributed by atoms with Gasteiger partial charge in [0.2, 0.25) is 5.91 Å². The summed E-state index contributed by atoms with van der Waals surface area (Å²) < 4.78 is 0. The molecule has 0 saturated heterocycles. The number of aromatic nitrogens is 1. The molecule has 0 spiro atoms. The Morgan fingerprint density at radius 1 is 1.56 bits per heavy atom. The second-order valence-corrected chi connectivity index (χ2v) is 5.11. The van der Waals surface area contributed by atoms with Crippen LogP contribution in [0, 0.1) is 5.41 Å². The minimum absolute atomic E-state index is 0.177. The molecule has 0 saturated carbocycles. The van der Waals surface area contributed by atoms with Crippen LogP contribution in [0.3, 0.4) is 0 Å². The first-order chi connectivity index (χ1) is 7.45. The molecule has 0 aliphatic heterocycles. The fraction of sp³-hybridized carbons (Fsp3) is 0.400. The van der Waals surface area contributed by atoms with Crippen LogP contribution >= 0.6 is 11.8 Å². The third-order valence-corrected chi connectivity index (χ3v) is 3.55.